The molecule has 4 nitrogen and oxygen atoms in total. The minimum atomic E-state index is 0.0728. The molecule has 20 heavy (non-hydrogen) atoms. The van der Waals surface area contributed by atoms with Gasteiger partial charge >= 0.3 is 0 Å². The SMILES string of the molecule is CCC(N)C(c1ccc(C)s1)N(CCC#N)CCOC. The van der Waals surface area contributed by atoms with Gasteiger partial charge < -0.3 is 10.5 Å². The number of nitriles is 1. The Hall–Kier alpha value is -0.930. The highest BCUT2D eigenvalue weighted by molar-refractivity contribution is 7.12. The summed E-state index contributed by atoms with van der Waals surface area (Å²) in [6.07, 6.45) is 1.43. The Morgan fingerprint density at radius 3 is 2.70 bits per heavy atom. The molecular weight excluding hydrogens is 270 g/mol. The zero-order valence-corrected chi connectivity index (χ0v) is 13.4. The highest BCUT2D eigenvalue weighted by Crippen LogP contribution is 2.30. The average molecular weight is 295 g/mol. The summed E-state index contributed by atoms with van der Waals surface area (Å²) in [6.45, 7) is 6.40. The van der Waals surface area contributed by atoms with E-state index in [1.165, 1.54) is 9.75 Å². The number of aryl methyl sites for hydroxylation is 1. The lowest BCUT2D eigenvalue weighted by Crippen LogP contribution is -2.42. The molecule has 1 rings (SSSR count). The topological polar surface area (TPSA) is 62.3 Å². The van der Waals surface area contributed by atoms with E-state index in [1.807, 2.05) is 0 Å². The van der Waals surface area contributed by atoms with E-state index >= 15 is 0 Å². The van der Waals surface area contributed by atoms with Crippen LogP contribution in [0.2, 0.25) is 0 Å². The van der Waals surface area contributed by atoms with E-state index < -0.39 is 0 Å². The summed E-state index contributed by atoms with van der Waals surface area (Å²) in [7, 11) is 1.70. The van der Waals surface area contributed by atoms with Gasteiger partial charge in [-0.25, -0.2) is 0 Å². The Bertz CT molecular complexity index is 427. The van der Waals surface area contributed by atoms with Crippen LogP contribution in [-0.2, 0) is 4.74 Å². The Morgan fingerprint density at radius 2 is 2.20 bits per heavy atom. The van der Waals surface area contributed by atoms with Gasteiger partial charge in [0.25, 0.3) is 0 Å². The molecular formula is C15H25N3OS. The summed E-state index contributed by atoms with van der Waals surface area (Å²) in [5.74, 6) is 0. The summed E-state index contributed by atoms with van der Waals surface area (Å²) in [6, 6.07) is 6.76. The van der Waals surface area contributed by atoms with Gasteiger partial charge in [-0.05, 0) is 25.5 Å². The van der Waals surface area contributed by atoms with Crippen molar-refractivity contribution in [2.75, 3.05) is 26.8 Å². The van der Waals surface area contributed by atoms with Crippen LogP contribution in [0.25, 0.3) is 0 Å². The van der Waals surface area contributed by atoms with Crippen molar-refractivity contribution in [1.29, 1.82) is 5.26 Å². The summed E-state index contributed by atoms with van der Waals surface area (Å²) >= 11 is 1.79. The van der Waals surface area contributed by atoms with E-state index in [9.17, 15) is 0 Å². The van der Waals surface area contributed by atoms with E-state index in [1.54, 1.807) is 18.4 Å². The number of methoxy groups -OCH3 is 1. The summed E-state index contributed by atoms with van der Waals surface area (Å²) in [5, 5.41) is 8.86. The molecule has 0 saturated carbocycles. The minimum Gasteiger partial charge on any atom is -0.383 e. The van der Waals surface area contributed by atoms with Gasteiger partial charge in [0, 0.05) is 42.4 Å². The number of nitrogens with zero attached hydrogens (tertiary/aromatic N) is 2. The molecule has 2 unspecified atom stereocenters. The number of nitrogens with two attached hydrogens (primary N) is 1. The van der Waals surface area contributed by atoms with Crippen LogP contribution in [0.4, 0.5) is 0 Å². The Morgan fingerprint density at radius 1 is 1.45 bits per heavy atom. The second kappa shape index (κ2) is 9.09. The lowest BCUT2D eigenvalue weighted by Gasteiger charge is -2.34. The highest BCUT2D eigenvalue weighted by atomic mass is 32.1. The maximum absolute atomic E-state index is 8.86. The zero-order valence-electron chi connectivity index (χ0n) is 12.6. The molecule has 0 fully saturated rings. The summed E-state index contributed by atoms with van der Waals surface area (Å²) in [5.41, 5.74) is 6.34. The number of hydrogen-bond donors (Lipinski definition) is 1. The molecule has 112 valence electrons. The van der Waals surface area contributed by atoms with Gasteiger partial charge in [0.1, 0.15) is 0 Å². The predicted molar refractivity (Wildman–Crippen MR) is 83.7 cm³/mol. The first-order valence-corrected chi connectivity index (χ1v) is 7.87. The van der Waals surface area contributed by atoms with Crippen LogP contribution in [-0.4, -0.2) is 37.7 Å². The molecule has 2 N–H and O–H groups in total. The van der Waals surface area contributed by atoms with E-state index in [0.29, 0.717) is 13.0 Å². The fourth-order valence-electron chi connectivity index (χ4n) is 2.29. The van der Waals surface area contributed by atoms with Crippen LogP contribution in [0.1, 0.15) is 35.6 Å². The molecule has 0 radical (unpaired) electrons. The quantitative estimate of drug-likeness (QED) is 0.761. The first-order chi connectivity index (χ1) is 9.63. The Labute approximate surface area is 126 Å². The zero-order chi connectivity index (χ0) is 15.0. The maximum Gasteiger partial charge on any atom is 0.0635 e. The van der Waals surface area contributed by atoms with E-state index in [-0.39, 0.29) is 12.1 Å². The molecule has 0 spiro atoms. The van der Waals surface area contributed by atoms with Gasteiger partial charge in [0.05, 0.1) is 18.7 Å². The standard InChI is InChI=1S/C15H25N3OS/c1-4-13(17)15(14-7-6-12(2)20-14)18(9-5-8-16)10-11-19-3/h6-7,13,15H,4-5,9-11,17H2,1-3H3. The van der Waals surface area contributed by atoms with Gasteiger partial charge in [-0.2, -0.15) is 5.26 Å². The van der Waals surface area contributed by atoms with Crippen molar-refractivity contribution in [2.24, 2.45) is 5.73 Å². The third kappa shape index (κ3) is 4.88. The lowest BCUT2D eigenvalue weighted by atomic mass is 10.0. The number of ether oxygens (including phenoxy) is 1. The third-order valence-corrected chi connectivity index (χ3v) is 4.49. The van der Waals surface area contributed by atoms with Crippen LogP contribution in [0.3, 0.4) is 0 Å². The van der Waals surface area contributed by atoms with E-state index in [0.717, 1.165) is 19.5 Å². The van der Waals surface area contributed by atoms with Gasteiger partial charge in [-0.15, -0.1) is 11.3 Å². The molecule has 0 bridgehead atoms. The molecule has 0 amide bonds. The number of hydrogen-bond acceptors (Lipinski definition) is 5. The molecule has 2 atom stereocenters. The van der Waals surface area contributed by atoms with Crippen molar-refractivity contribution in [3.05, 3.63) is 21.9 Å². The minimum absolute atomic E-state index is 0.0728. The lowest BCUT2D eigenvalue weighted by molar-refractivity contribution is 0.110. The molecule has 1 aromatic rings. The monoisotopic (exact) mass is 295 g/mol. The molecule has 0 aliphatic rings. The largest absolute Gasteiger partial charge is 0.383 e. The van der Waals surface area contributed by atoms with Crippen molar-refractivity contribution < 1.29 is 4.74 Å². The molecule has 0 aliphatic carbocycles. The predicted octanol–water partition coefficient (Wildman–Crippen LogP) is 2.70. The van der Waals surface area contributed by atoms with Gasteiger partial charge in [0.15, 0.2) is 0 Å². The van der Waals surface area contributed by atoms with Crippen molar-refractivity contribution in [1.82, 2.24) is 4.90 Å². The van der Waals surface area contributed by atoms with Crippen molar-refractivity contribution >= 4 is 11.3 Å². The van der Waals surface area contributed by atoms with E-state index in [4.69, 9.17) is 15.7 Å². The molecule has 1 heterocycles. The molecule has 5 heteroatoms. The second-order valence-corrected chi connectivity index (χ2v) is 6.22. The fraction of sp³-hybridized carbons (Fsp3) is 0.667. The third-order valence-electron chi connectivity index (χ3n) is 3.42. The average Bonchev–Trinajstić information content (AvgIpc) is 2.87. The Balaban J connectivity index is 2.94. The molecule has 1 aromatic heterocycles. The van der Waals surface area contributed by atoms with Crippen LogP contribution in [0.5, 0.6) is 0 Å². The smallest absolute Gasteiger partial charge is 0.0635 e. The molecule has 0 aliphatic heterocycles. The Kier molecular flexibility index (Phi) is 7.78. The summed E-state index contributed by atoms with van der Waals surface area (Å²) in [4.78, 5) is 4.86. The number of rotatable bonds is 9. The first-order valence-electron chi connectivity index (χ1n) is 7.05. The van der Waals surface area contributed by atoms with Crippen LogP contribution >= 0.6 is 11.3 Å². The van der Waals surface area contributed by atoms with Crippen molar-refractivity contribution in [3.8, 4) is 6.07 Å². The first kappa shape index (κ1) is 17.1. The van der Waals surface area contributed by atoms with Crippen molar-refractivity contribution in [3.63, 3.8) is 0 Å². The maximum atomic E-state index is 8.86. The van der Waals surface area contributed by atoms with Gasteiger partial charge in [-0.3, -0.25) is 4.90 Å². The normalized spacial score (nSPS) is 14.2. The van der Waals surface area contributed by atoms with Gasteiger partial charge in [0.2, 0.25) is 0 Å². The number of thiophene rings is 1. The van der Waals surface area contributed by atoms with E-state index in [2.05, 4.69) is 36.9 Å². The van der Waals surface area contributed by atoms with Gasteiger partial charge in [-0.1, -0.05) is 6.92 Å². The van der Waals surface area contributed by atoms with Crippen LogP contribution in [0, 0.1) is 18.3 Å². The highest BCUT2D eigenvalue weighted by Gasteiger charge is 2.26. The fourth-order valence-corrected chi connectivity index (χ4v) is 3.38. The summed E-state index contributed by atoms with van der Waals surface area (Å²) < 4.78 is 5.19. The molecule has 0 saturated heterocycles. The second-order valence-electron chi connectivity index (χ2n) is 4.90. The van der Waals surface area contributed by atoms with Crippen LogP contribution < -0.4 is 5.73 Å². The van der Waals surface area contributed by atoms with Crippen molar-refractivity contribution in [2.45, 2.75) is 38.8 Å². The molecule has 0 aromatic carbocycles. The van der Waals surface area contributed by atoms with Crippen LogP contribution in [0.15, 0.2) is 12.1 Å².